The molecule has 1 heterocycles. The molecule has 19 heavy (non-hydrogen) atoms. The Labute approximate surface area is 111 Å². The summed E-state index contributed by atoms with van der Waals surface area (Å²) in [6.45, 7) is 0.882. The van der Waals surface area contributed by atoms with Crippen molar-refractivity contribution in [3.8, 4) is 0 Å². The molecule has 102 valence electrons. The molecular formula is C13H17N3O3. The van der Waals surface area contributed by atoms with Crippen molar-refractivity contribution in [1.82, 2.24) is 10.2 Å². The van der Waals surface area contributed by atoms with E-state index in [1.165, 1.54) is 4.90 Å². The molecule has 0 saturated carbocycles. The fourth-order valence-electron chi connectivity index (χ4n) is 2.21. The maximum absolute atomic E-state index is 11.7. The van der Waals surface area contributed by atoms with E-state index in [-0.39, 0.29) is 12.1 Å². The average Bonchev–Trinajstić information content (AvgIpc) is 2.86. The minimum atomic E-state index is -0.923. The Morgan fingerprint density at radius 2 is 2.05 bits per heavy atom. The second kappa shape index (κ2) is 6.08. The van der Waals surface area contributed by atoms with Crippen LogP contribution in [0.1, 0.15) is 12.8 Å². The van der Waals surface area contributed by atoms with Crippen molar-refractivity contribution in [2.45, 2.75) is 18.9 Å². The first-order valence-electron chi connectivity index (χ1n) is 6.26. The molecule has 0 spiro atoms. The van der Waals surface area contributed by atoms with Gasteiger partial charge in [-0.25, -0.2) is 9.59 Å². The van der Waals surface area contributed by atoms with E-state index in [0.29, 0.717) is 18.8 Å². The number of para-hydroxylation sites is 1. The van der Waals surface area contributed by atoms with Crippen molar-refractivity contribution in [2.24, 2.45) is 0 Å². The van der Waals surface area contributed by atoms with Crippen LogP contribution in [-0.2, 0) is 0 Å². The zero-order valence-corrected chi connectivity index (χ0v) is 10.5. The van der Waals surface area contributed by atoms with Crippen LogP contribution in [0, 0.1) is 0 Å². The maximum atomic E-state index is 11.7. The van der Waals surface area contributed by atoms with Gasteiger partial charge in [-0.1, -0.05) is 18.2 Å². The van der Waals surface area contributed by atoms with Gasteiger partial charge in [0.2, 0.25) is 0 Å². The number of likely N-dealkylation sites (tertiary alicyclic amines) is 1. The molecule has 1 aliphatic heterocycles. The zero-order valence-electron chi connectivity index (χ0n) is 10.5. The van der Waals surface area contributed by atoms with Gasteiger partial charge in [0, 0.05) is 18.8 Å². The number of hydrogen-bond donors (Lipinski definition) is 3. The first-order chi connectivity index (χ1) is 9.16. The van der Waals surface area contributed by atoms with E-state index < -0.39 is 6.09 Å². The number of anilines is 1. The number of hydrogen-bond acceptors (Lipinski definition) is 2. The lowest BCUT2D eigenvalue weighted by Crippen LogP contribution is -2.43. The normalized spacial score (nSPS) is 18.1. The van der Waals surface area contributed by atoms with Crippen molar-refractivity contribution < 1.29 is 14.7 Å². The number of carboxylic acid groups (broad SMARTS) is 1. The summed E-state index contributed by atoms with van der Waals surface area (Å²) in [5.41, 5.74) is 0.710. The van der Waals surface area contributed by atoms with Crippen LogP contribution < -0.4 is 10.6 Å². The molecule has 0 unspecified atom stereocenters. The molecule has 1 fully saturated rings. The molecule has 2 rings (SSSR count). The third kappa shape index (κ3) is 3.61. The summed E-state index contributed by atoms with van der Waals surface area (Å²) < 4.78 is 0. The molecule has 0 aromatic heterocycles. The quantitative estimate of drug-likeness (QED) is 0.779. The number of carbonyl (C=O) groups is 2. The number of urea groups is 1. The van der Waals surface area contributed by atoms with Crippen LogP contribution in [0.5, 0.6) is 0 Å². The van der Waals surface area contributed by atoms with Gasteiger partial charge in [0.1, 0.15) is 0 Å². The van der Waals surface area contributed by atoms with Gasteiger partial charge in [-0.05, 0) is 25.0 Å². The standard InChI is InChI=1S/C13H17N3O3/c17-12(15-10-5-2-1-3-6-10)14-9-11-7-4-8-16(11)13(18)19/h1-3,5-6,11H,4,7-9H2,(H,18,19)(H2,14,15,17)/t11-/m0/s1. The van der Waals surface area contributed by atoms with Gasteiger partial charge in [-0.3, -0.25) is 0 Å². The van der Waals surface area contributed by atoms with Gasteiger partial charge in [-0.15, -0.1) is 0 Å². The maximum Gasteiger partial charge on any atom is 0.407 e. The predicted octanol–water partition coefficient (Wildman–Crippen LogP) is 1.95. The molecule has 0 radical (unpaired) electrons. The minimum absolute atomic E-state index is 0.126. The number of amides is 3. The van der Waals surface area contributed by atoms with Crippen LogP contribution in [0.4, 0.5) is 15.3 Å². The lowest BCUT2D eigenvalue weighted by molar-refractivity contribution is 0.140. The lowest BCUT2D eigenvalue weighted by Gasteiger charge is -2.21. The Kier molecular flexibility index (Phi) is 4.22. The van der Waals surface area contributed by atoms with Gasteiger partial charge >= 0.3 is 12.1 Å². The summed E-state index contributed by atoms with van der Waals surface area (Å²) in [6.07, 6.45) is 0.712. The third-order valence-corrected chi connectivity index (χ3v) is 3.15. The first kappa shape index (κ1) is 13.2. The second-order valence-electron chi connectivity index (χ2n) is 4.47. The number of rotatable bonds is 3. The molecule has 3 amide bonds. The first-order valence-corrected chi connectivity index (χ1v) is 6.26. The summed E-state index contributed by atoms with van der Waals surface area (Å²) in [5, 5.41) is 14.4. The number of nitrogens with one attached hydrogen (secondary N) is 2. The van der Waals surface area contributed by atoms with Crippen molar-refractivity contribution >= 4 is 17.8 Å². The van der Waals surface area contributed by atoms with E-state index in [2.05, 4.69) is 10.6 Å². The van der Waals surface area contributed by atoms with Gasteiger partial charge in [-0.2, -0.15) is 0 Å². The Balaban J connectivity index is 1.79. The molecule has 1 aromatic rings. The van der Waals surface area contributed by atoms with Gasteiger partial charge < -0.3 is 20.6 Å². The highest BCUT2D eigenvalue weighted by molar-refractivity contribution is 5.89. The molecule has 6 heteroatoms. The number of nitrogens with zero attached hydrogens (tertiary/aromatic N) is 1. The Bertz CT molecular complexity index is 450. The highest BCUT2D eigenvalue weighted by Gasteiger charge is 2.28. The van der Waals surface area contributed by atoms with E-state index in [4.69, 9.17) is 5.11 Å². The van der Waals surface area contributed by atoms with Gasteiger partial charge in [0.25, 0.3) is 0 Å². The molecule has 1 atom stereocenters. The summed E-state index contributed by atoms with van der Waals surface area (Å²) in [7, 11) is 0. The summed E-state index contributed by atoms with van der Waals surface area (Å²) in [4.78, 5) is 24.0. The molecule has 6 nitrogen and oxygen atoms in total. The molecular weight excluding hydrogens is 246 g/mol. The molecule has 1 saturated heterocycles. The Morgan fingerprint density at radius 1 is 1.32 bits per heavy atom. The van der Waals surface area contributed by atoms with Gasteiger partial charge in [0.15, 0.2) is 0 Å². The monoisotopic (exact) mass is 263 g/mol. The third-order valence-electron chi connectivity index (χ3n) is 3.15. The largest absolute Gasteiger partial charge is 0.465 e. The Hall–Kier alpha value is -2.24. The zero-order chi connectivity index (χ0) is 13.7. The SMILES string of the molecule is O=C(NC[C@@H]1CCCN1C(=O)O)Nc1ccccc1. The van der Waals surface area contributed by atoms with Crippen LogP contribution in [0.2, 0.25) is 0 Å². The highest BCUT2D eigenvalue weighted by Crippen LogP contribution is 2.16. The van der Waals surface area contributed by atoms with E-state index in [1.54, 1.807) is 12.1 Å². The van der Waals surface area contributed by atoms with Gasteiger partial charge in [0.05, 0.1) is 6.04 Å². The number of carbonyl (C=O) groups excluding carboxylic acids is 1. The molecule has 3 N–H and O–H groups in total. The number of benzene rings is 1. The molecule has 1 aliphatic rings. The summed E-state index contributed by atoms with van der Waals surface area (Å²) in [6, 6.07) is 8.67. The van der Waals surface area contributed by atoms with E-state index in [0.717, 1.165) is 12.8 Å². The molecule has 0 aliphatic carbocycles. The van der Waals surface area contributed by atoms with E-state index in [9.17, 15) is 9.59 Å². The van der Waals surface area contributed by atoms with Crippen LogP contribution in [0.15, 0.2) is 30.3 Å². The second-order valence-corrected chi connectivity index (χ2v) is 4.47. The van der Waals surface area contributed by atoms with Crippen LogP contribution in [0.3, 0.4) is 0 Å². The van der Waals surface area contributed by atoms with Crippen molar-refractivity contribution in [3.05, 3.63) is 30.3 Å². The lowest BCUT2D eigenvalue weighted by atomic mass is 10.2. The topological polar surface area (TPSA) is 81.7 Å². The van der Waals surface area contributed by atoms with Crippen LogP contribution in [0.25, 0.3) is 0 Å². The summed E-state index contributed by atoms with van der Waals surface area (Å²) in [5.74, 6) is 0. The average molecular weight is 263 g/mol. The molecule has 0 bridgehead atoms. The van der Waals surface area contributed by atoms with Crippen molar-refractivity contribution in [2.75, 3.05) is 18.4 Å². The fraction of sp³-hybridized carbons (Fsp3) is 0.385. The molecule has 1 aromatic carbocycles. The van der Waals surface area contributed by atoms with Crippen molar-refractivity contribution in [1.29, 1.82) is 0 Å². The fourth-order valence-corrected chi connectivity index (χ4v) is 2.21. The van der Waals surface area contributed by atoms with Crippen molar-refractivity contribution in [3.63, 3.8) is 0 Å². The Morgan fingerprint density at radius 3 is 2.74 bits per heavy atom. The van der Waals surface area contributed by atoms with Crippen LogP contribution >= 0.6 is 0 Å². The van der Waals surface area contributed by atoms with Crippen LogP contribution in [-0.4, -0.2) is 41.3 Å². The highest BCUT2D eigenvalue weighted by atomic mass is 16.4. The smallest absolute Gasteiger partial charge is 0.407 e. The summed E-state index contributed by atoms with van der Waals surface area (Å²) >= 11 is 0. The van der Waals surface area contributed by atoms with E-state index in [1.807, 2.05) is 18.2 Å². The predicted molar refractivity (Wildman–Crippen MR) is 71.2 cm³/mol. The minimum Gasteiger partial charge on any atom is -0.465 e. The van der Waals surface area contributed by atoms with E-state index >= 15 is 0 Å².